The summed E-state index contributed by atoms with van der Waals surface area (Å²) in [5.74, 6) is 1.15. The zero-order valence-corrected chi connectivity index (χ0v) is 24.7. The summed E-state index contributed by atoms with van der Waals surface area (Å²) in [5.41, 5.74) is 1.81. The van der Waals surface area contributed by atoms with E-state index in [1.165, 1.54) is 11.3 Å². The highest BCUT2D eigenvalue weighted by Gasteiger charge is 2.26. The molecule has 0 unspecified atom stereocenters. The topological polar surface area (TPSA) is 107 Å². The molecule has 0 aliphatic heterocycles. The van der Waals surface area contributed by atoms with E-state index in [0.29, 0.717) is 29.0 Å². The normalized spacial score (nSPS) is 11.3. The number of carbonyl (C=O) groups excluding carboxylic acids is 2. The van der Waals surface area contributed by atoms with Gasteiger partial charge in [-0.25, -0.2) is 9.48 Å². The molecular formula is C31H32N6O4S. The number of carbonyl (C=O) groups is 2. The highest BCUT2D eigenvalue weighted by atomic mass is 32.1. The molecular weight excluding hydrogens is 552 g/mol. The third kappa shape index (κ3) is 7.10. The molecule has 0 radical (unpaired) electrons. The molecule has 5 aromatic rings. The molecule has 5 rings (SSSR count). The van der Waals surface area contributed by atoms with Crippen LogP contribution in [0.15, 0.2) is 88.8 Å². The number of amides is 2. The Hall–Kier alpha value is -4.77. The number of hydrogen-bond acceptors (Lipinski definition) is 8. The highest BCUT2D eigenvalue weighted by Crippen LogP contribution is 2.24. The monoisotopic (exact) mass is 584 g/mol. The van der Waals surface area contributed by atoms with Gasteiger partial charge in [-0.15, -0.1) is 26.6 Å². The smallest absolute Gasteiger partial charge is 0.410 e. The SMILES string of the molecule is Cc1nnc(-c2cccc(-n3ccc(N(CCN(Cc4ccccc4)C(=O)OC(C)(C)C)C(=O)c4cccs4)n3)c2)o1. The number of aryl methyl sites for hydroxylation is 1. The summed E-state index contributed by atoms with van der Waals surface area (Å²) in [4.78, 5) is 30.7. The van der Waals surface area contributed by atoms with E-state index >= 15 is 0 Å². The number of thiophene rings is 1. The second-order valence-corrected chi connectivity index (χ2v) is 11.6. The summed E-state index contributed by atoms with van der Waals surface area (Å²) >= 11 is 1.36. The minimum Gasteiger partial charge on any atom is -0.444 e. The largest absolute Gasteiger partial charge is 0.444 e. The fourth-order valence-corrected chi connectivity index (χ4v) is 4.91. The van der Waals surface area contributed by atoms with Crippen LogP contribution in [0.25, 0.3) is 17.1 Å². The molecule has 0 aliphatic rings. The molecule has 2 aromatic carbocycles. The van der Waals surface area contributed by atoms with Crippen LogP contribution >= 0.6 is 11.3 Å². The molecule has 10 nitrogen and oxygen atoms in total. The zero-order chi connectivity index (χ0) is 29.7. The first-order chi connectivity index (χ1) is 20.2. The van der Waals surface area contributed by atoms with Gasteiger partial charge in [-0.1, -0.05) is 42.5 Å². The summed E-state index contributed by atoms with van der Waals surface area (Å²) in [6.45, 7) is 8.02. The summed E-state index contributed by atoms with van der Waals surface area (Å²) in [6.07, 6.45) is 1.34. The minimum atomic E-state index is -0.661. The van der Waals surface area contributed by atoms with Gasteiger partial charge in [0.15, 0.2) is 5.82 Å². The lowest BCUT2D eigenvalue weighted by atomic mass is 10.2. The van der Waals surface area contributed by atoms with Crippen molar-refractivity contribution in [1.82, 2.24) is 24.9 Å². The first kappa shape index (κ1) is 28.7. The van der Waals surface area contributed by atoms with Crippen LogP contribution in [0.5, 0.6) is 0 Å². The first-order valence-electron chi connectivity index (χ1n) is 13.5. The van der Waals surface area contributed by atoms with Crippen LogP contribution in [0, 0.1) is 6.92 Å². The van der Waals surface area contributed by atoms with Crippen LogP contribution in [0.4, 0.5) is 10.6 Å². The Bertz CT molecular complexity index is 1640. The van der Waals surface area contributed by atoms with Crippen LogP contribution in [0.1, 0.15) is 41.9 Å². The van der Waals surface area contributed by atoms with Gasteiger partial charge >= 0.3 is 6.09 Å². The zero-order valence-electron chi connectivity index (χ0n) is 23.9. The molecule has 0 spiro atoms. The van der Waals surface area contributed by atoms with E-state index in [4.69, 9.17) is 14.3 Å². The number of nitrogens with zero attached hydrogens (tertiary/aromatic N) is 6. The van der Waals surface area contributed by atoms with E-state index in [9.17, 15) is 9.59 Å². The average molecular weight is 585 g/mol. The van der Waals surface area contributed by atoms with Gasteiger partial charge in [0.2, 0.25) is 11.8 Å². The first-order valence-corrected chi connectivity index (χ1v) is 14.4. The predicted octanol–water partition coefficient (Wildman–Crippen LogP) is 6.38. The third-order valence-corrected chi connectivity index (χ3v) is 7.03. The number of hydrogen-bond donors (Lipinski definition) is 0. The Kier molecular flexibility index (Phi) is 8.48. The summed E-state index contributed by atoms with van der Waals surface area (Å²) < 4.78 is 13.0. The van der Waals surface area contributed by atoms with E-state index in [2.05, 4.69) is 10.2 Å². The lowest BCUT2D eigenvalue weighted by molar-refractivity contribution is 0.0237. The molecule has 11 heteroatoms. The number of benzene rings is 2. The van der Waals surface area contributed by atoms with Crippen LogP contribution in [0.2, 0.25) is 0 Å². The Morgan fingerprint density at radius 1 is 0.976 bits per heavy atom. The van der Waals surface area contributed by atoms with Gasteiger partial charge < -0.3 is 14.1 Å². The molecule has 2 amide bonds. The van der Waals surface area contributed by atoms with E-state index in [-0.39, 0.29) is 19.0 Å². The molecule has 3 heterocycles. The highest BCUT2D eigenvalue weighted by molar-refractivity contribution is 7.12. The molecule has 42 heavy (non-hydrogen) atoms. The van der Waals surface area contributed by atoms with Gasteiger partial charge in [0.1, 0.15) is 5.60 Å². The van der Waals surface area contributed by atoms with Gasteiger partial charge in [0.05, 0.1) is 10.6 Å². The number of aromatic nitrogens is 4. The minimum absolute atomic E-state index is 0.200. The number of rotatable bonds is 9. The van der Waals surface area contributed by atoms with Crippen LogP contribution in [-0.4, -0.2) is 55.6 Å². The van der Waals surface area contributed by atoms with E-state index in [0.717, 1.165) is 16.8 Å². The maximum Gasteiger partial charge on any atom is 0.410 e. The van der Waals surface area contributed by atoms with Crippen LogP contribution < -0.4 is 4.90 Å². The third-order valence-electron chi connectivity index (χ3n) is 6.17. The fourth-order valence-electron chi connectivity index (χ4n) is 4.24. The van der Waals surface area contributed by atoms with Crippen molar-refractivity contribution in [3.63, 3.8) is 0 Å². The second-order valence-electron chi connectivity index (χ2n) is 10.6. The molecule has 0 atom stereocenters. The maximum atomic E-state index is 13.7. The molecule has 216 valence electrons. The molecule has 0 saturated carbocycles. The molecule has 0 saturated heterocycles. The Morgan fingerprint density at radius 2 is 1.79 bits per heavy atom. The van der Waals surface area contributed by atoms with Gasteiger partial charge in [-0.2, -0.15) is 0 Å². The molecule has 0 fully saturated rings. The fraction of sp³-hybridized carbons (Fsp3) is 0.258. The number of anilines is 1. The molecule has 3 aromatic heterocycles. The van der Waals surface area contributed by atoms with E-state index in [1.54, 1.807) is 39.7 Å². The van der Waals surface area contributed by atoms with Gasteiger partial charge in [-0.05, 0) is 56.0 Å². The second kappa shape index (κ2) is 12.4. The summed E-state index contributed by atoms with van der Waals surface area (Å²) in [5, 5.41) is 14.6. The quantitative estimate of drug-likeness (QED) is 0.198. The Balaban J connectivity index is 1.42. The van der Waals surface area contributed by atoms with Crippen molar-refractivity contribution < 1.29 is 18.7 Å². The summed E-state index contributed by atoms with van der Waals surface area (Å²) in [7, 11) is 0. The van der Waals surface area contributed by atoms with E-state index in [1.807, 2.05) is 86.8 Å². The summed E-state index contributed by atoms with van der Waals surface area (Å²) in [6, 6.07) is 22.6. The van der Waals surface area contributed by atoms with Crippen molar-refractivity contribution in [1.29, 1.82) is 0 Å². The van der Waals surface area contributed by atoms with Crippen molar-refractivity contribution in [2.24, 2.45) is 0 Å². The molecule has 0 N–H and O–H groups in total. The Labute approximate surface area is 248 Å². The van der Waals surface area contributed by atoms with Gasteiger partial charge in [0, 0.05) is 44.4 Å². The van der Waals surface area contributed by atoms with Crippen molar-refractivity contribution in [2.75, 3.05) is 18.0 Å². The lowest BCUT2D eigenvalue weighted by Crippen LogP contribution is -2.43. The van der Waals surface area contributed by atoms with Gasteiger partial charge in [-0.3, -0.25) is 9.69 Å². The van der Waals surface area contributed by atoms with E-state index < -0.39 is 11.7 Å². The van der Waals surface area contributed by atoms with Crippen molar-refractivity contribution in [3.05, 3.63) is 101 Å². The van der Waals surface area contributed by atoms with Crippen LogP contribution in [-0.2, 0) is 11.3 Å². The number of ether oxygens (including phenoxy) is 1. The Morgan fingerprint density at radius 3 is 2.48 bits per heavy atom. The lowest BCUT2D eigenvalue weighted by Gasteiger charge is -2.29. The van der Waals surface area contributed by atoms with Crippen molar-refractivity contribution >= 4 is 29.2 Å². The van der Waals surface area contributed by atoms with Gasteiger partial charge in [0.25, 0.3) is 5.91 Å². The predicted molar refractivity (Wildman–Crippen MR) is 161 cm³/mol. The van der Waals surface area contributed by atoms with Crippen LogP contribution in [0.3, 0.4) is 0 Å². The molecule has 0 aliphatic carbocycles. The standard InChI is InChI=1S/C31H32N6O4S/c1-22-32-33-28(40-22)24-12-8-13-25(20-24)37-16-15-27(34-37)36(29(38)26-14-9-19-42-26)18-17-35(30(39)41-31(2,3)4)21-23-10-6-5-7-11-23/h5-16,19-20H,17-18,21H2,1-4H3. The maximum absolute atomic E-state index is 13.7. The van der Waals surface area contributed by atoms with Crippen molar-refractivity contribution in [2.45, 2.75) is 39.8 Å². The molecule has 0 bridgehead atoms. The van der Waals surface area contributed by atoms with Crippen molar-refractivity contribution in [3.8, 4) is 17.1 Å². The average Bonchev–Trinajstić information content (AvgIpc) is 3.75.